The Hall–Kier alpha value is -0.120. The Labute approximate surface area is 56.4 Å². The molecule has 0 amide bonds. The van der Waals surface area contributed by atoms with Crippen LogP contribution in [0.25, 0.3) is 0 Å². The van der Waals surface area contributed by atoms with Gasteiger partial charge in [0.1, 0.15) is 0 Å². The third kappa shape index (κ3) is 7.88. The lowest BCUT2D eigenvalue weighted by Gasteiger charge is -2.20. The molecule has 0 aromatic heterocycles. The van der Waals surface area contributed by atoms with Crippen molar-refractivity contribution in [2.75, 3.05) is 13.2 Å². The van der Waals surface area contributed by atoms with Gasteiger partial charge in [0.05, 0.1) is 6.61 Å². The Bertz CT molecular complexity index is 67.9. The van der Waals surface area contributed by atoms with E-state index in [-0.39, 0.29) is 12.1 Å². The van der Waals surface area contributed by atoms with Gasteiger partial charge in [0.15, 0.2) is 0 Å². The smallest absolute Gasteiger partial charge is 0.0569 e. The van der Waals surface area contributed by atoms with Gasteiger partial charge in [0, 0.05) is 12.1 Å². The normalized spacial score (nSPS) is 12.0. The summed E-state index contributed by atoms with van der Waals surface area (Å²) in [5, 5.41) is 8.36. The second kappa shape index (κ2) is 3.82. The quantitative estimate of drug-likeness (QED) is 0.370. The maximum absolute atomic E-state index is 8.36. The Kier molecular flexibility index (Phi) is 3.77. The number of aliphatic hydroxyl groups excluding tert-OH is 1. The highest BCUT2D eigenvalue weighted by molar-refractivity contribution is 4.66. The summed E-state index contributed by atoms with van der Waals surface area (Å²) in [5.74, 6) is 0. The van der Waals surface area contributed by atoms with Crippen molar-refractivity contribution >= 4 is 0 Å². The van der Waals surface area contributed by atoms with Crippen molar-refractivity contribution in [2.24, 2.45) is 0 Å². The van der Waals surface area contributed by atoms with E-state index < -0.39 is 0 Å². The zero-order valence-corrected chi connectivity index (χ0v) is 6.36. The predicted molar refractivity (Wildman–Crippen MR) is 38.0 cm³/mol. The predicted octanol–water partition coefficient (Wildman–Crippen LogP) is -0.129. The largest absolute Gasteiger partial charge is 0.395 e. The summed E-state index contributed by atoms with van der Waals surface area (Å²) >= 11 is 0. The first-order chi connectivity index (χ1) is 4.06. The fourth-order valence-corrected chi connectivity index (χ4v) is 0.384. The van der Waals surface area contributed by atoms with Crippen molar-refractivity contribution < 1.29 is 5.11 Å². The van der Waals surface area contributed by atoms with Crippen molar-refractivity contribution in [3.63, 3.8) is 0 Å². The van der Waals surface area contributed by atoms with Crippen LogP contribution in [0.15, 0.2) is 0 Å². The minimum Gasteiger partial charge on any atom is -0.395 e. The molecule has 0 fully saturated rings. The Balaban J connectivity index is 3.07. The van der Waals surface area contributed by atoms with Gasteiger partial charge in [-0.1, -0.05) is 0 Å². The van der Waals surface area contributed by atoms with Crippen LogP contribution in [0.3, 0.4) is 0 Å². The van der Waals surface area contributed by atoms with Crippen LogP contribution in [-0.2, 0) is 0 Å². The summed E-state index contributed by atoms with van der Waals surface area (Å²) < 4.78 is 0. The maximum atomic E-state index is 8.36. The zero-order valence-electron chi connectivity index (χ0n) is 6.36. The highest BCUT2D eigenvalue weighted by Crippen LogP contribution is 1.94. The topological polar surface area (TPSA) is 44.3 Å². The van der Waals surface area contributed by atoms with Gasteiger partial charge in [-0.2, -0.15) is 0 Å². The Morgan fingerprint density at radius 3 is 2.22 bits per heavy atom. The molecule has 56 valence electrons. The van der Waals surface area contributed by atoms with Gasteiger partial charge in [-0.15, -0.1) is 0 Å². The molecule has 3 heteroatoms. The van der Waals surface area contributed by atoms with Crippen LogP contribution in [0.1, 0.15) is 20.8 Å². The van der Waals surface area contributed by atoms with Crippen molar-refractivity contribution in [3.8, 4) is 0 Å². The van der Waals surface area contributed by atoms with Crippen LogP contribution < -0.4 is 10.9 Å². The molecule has 0 bridgehead atoms. The average molecular weight is 132 g/mol. The van der Waals surface area contributed by atoms with Crippen LogP contribution in [0.5, 0.6) is 0 Å². The molecule has 0 saturated heterocycles. The number of nitrogens with one attached hydrogen (secondary N) is 2. The first-order valence-electron chi connectivity index (χ1n) is 3.17. The monoisotopic (exact) mass is 132 g/mol. The summed E-state index contributed by atoms with van der Waals surface area (Å²) in [7, 11) is 0. The molecule has 0 saturated carbocycles. The second-order valence-corrected chi connectivity index (χ2v) is 3.03. The van der Waals surface area contributed by atoms with Crippen LogP contribution in [0.2, 0.25) is 0 Å². The van der Waals surface area contributed by atoms with Crippen molar-refractivity contribution in [1.82, 2.24) is 10.9 Å². The minimum atomic E-state index is 0.0785. The van der Waals surface area contributed by atoms with E-state index >= 15 is 0 Å². The van der Waals surface area contributed by atoms with Gasteiger partial charge in [-0.3, -0.25) is 10.9 Å². The summed E-state index contributed by atoms with van der Waals surface area (Å²) in [6, 6.07) is 0. The second-order valence-electron chi connectivity index (χ2n) is 3.03. The molecule has 3 nitrogen and oxygen atoms in total. The van der Waals surface area contributed by atoms with E-state index in [2.05, 4.69) is 31.6 Å². The highest BCUT2D eigenvalue weighted by Gasteiger charge is 2.06. The first-order valence-corrected chi connectivity index (χ1v) is 3.17. The fraction of sp³-hybridized carbons (Fsp3) is 1.00. The molecular formula is C6H16N2O. The summed E-state index contributed by atoms with van der Waals surface area (Å²) in [5.41, 5.74) is 5.97. The lowest BCUT2D eigenvalue weighted by molar-refractivity contribution is 0.264. The number of hydrogen-bond acceptors (Lipinski definition) is 3. The molecule has 0 atom stereocenters. The van der Waals surface area contributed by atoms with Gasteiger partial charge in [-0.05, 0) is 20.8 Å². The van der Waals surface area contributed by atoms with Gasteiger partial charge < -0.3 is 5.11 Å². The van der Waals surface area contributed by atoms with Crippen LogP contribution in [0, 0.1) is 0 Å². The van der Waals surface area contributed by atoms with Gasteiger partial charge >= 0.3 is 0 Å². The average Bonchev–Trinajstić information content (AvgIpc) is 1.63. The molecular weight excluding hydrogens is 116 g/mol. The summed E-state index contributed by atoms with van der Waals surface area (Å²) in [6.45, 7) is 6.92. The van der Waals surface area contributed by atoms with E-state index in [0.717, 1.165) is 0 Å². The molecule has 3 N–H and O–H groups in total. The zero-order chi connectivity index (χ0) is 7.33. The van der Waals surface area contributed by atoms with E-state index in [1.54, 1.807) is 0 Å². The van der Waals surface area contributed by atoms with Crippen molar-refractivity contribution in [2.45, 2.75) is 26.3 Å². The minimum absolute atomic E-state index is 0.0785. The third-order valence-corrected chi connectivity index (χ3v) is 0.700. The van der Waals surface area contributed by atoms with E-state index in [4.69, 9.17) is 5.11 Å². The van der Waals surface area contributed by atoms with Gasteiger partial charge in [0.2, 0.25) is 0 Å². The first kappa shape index (κ1) is 8.88. The molecule has 9 heavy (non-hydrogen) atoms. The molecule has 0 rings (SSSR count). The van der Waals surface area contributed by atoms with Gasteiger partial charge in [0.25, 0.3) is 0 Å². The standard InChI is InChI=1S/C6H16N2O/c1-6(2,3)8-7-4-5-9/h7-9H,4-5H2,1-3H3. The molecule has 0 aromatic rings. The van der Waals surface area contributed by atoms with Gasteiger partial charge in [-0.25, -0.2) is 0 Å². The molecule has 0 aromatic carbocycles. The summed E-state index contributed by atoms with van der Waals surface area (Å²) in [6.07, 6.45) is 0. The van der Waals surface area contributed by atoms with E-state index in [0.29, 0.717) is 6.54 Å². The van der Waals surface area contributed by atoms with Crippen molar-refractivity contribution in [3.05, 3.63) is 0 Å². The van der Waals surface area contributed by atoms with E-state index in [1.807, 2.05) is 0 Å². The molecule has 0 aliphatic heterocycles. The SMILES string of the molecule is CC(C)(C)NNCCO. The number of rotatable bonds is 3. The molecule has 0 unspecified atom stereocenters. The highest BCUT2D eigenvalue weighted by atomic mass is 16.3. The van der Waals surface area contributed by atoms with Crippen molar-refractivity contribution in [1.29, 1.82) is 0 Å². The Morgan fingerprint density at radius 2 is 1.89 bits per heavy atom. The number of hydrogen-bond donors (Lipinski definition) is 3. The molecule has 0 spiro atoms. The molecule has 0 radical (unpaired) electrons. The van der Waals surface area contributed by atoms with E-state index in [1.165, 1.54) is 0 Å². The molecule has 0 aliphatic rings. The Morgan fingerprint density at radius 1 is 1.33 bits per heavy atom. The molecule has 0 aliphatic carbocycles. The summed E-state index contributed by atoms with van der Waals surface area (Å²) in [4.78, 5) is 0. The third-order valence-electron chi connectivity index (χ3n) is 0.700. The number of hydrazine groups is 1. The maximum Gasteiger partial charge on any atom is 0.0569 e. The molecule has 0 heterocycles. The lowest BCUT2D eigenvalue weighted by atomic mass is 10.1. The van der Waals surface area contributed by atoms with Crippen LogP contribution >= 0.6 is 0 Å². The van der Waals surface area contributed by atoms with Crippen LogP contribution in [-0.4, -0.2) is 23.8 Å². The number of aliphatic hydroxyl groups is 1. The lowest BCUT2D eigenvalue weighted by Crippen LogP contribution is -2.46. The van der Waals surface area contributed by atoms with E-state index in [9.17, 15) is 0 Å². The fourth-order valence-electron chi connectivity index (χ4n) is 0.384. The van der Waals surface area contributed by atoms with Crippen LogP contribution in [0.4, 0.5) is 0 Å².